The van der Waals surface area contributed by atoms with Gasteiger partial charge in [0.15, 0.2) is 5.82 Å². The number of rotatable bonds is 4. The van der Waals surface area contributed by atoms with E-state index in [1.807, 2.05) is 0 Å². The molecule has 1 saturated heterocycles. The second kappa shape index (κ2) is 7.40. The Labute approximate surface area is 160 Å². The second-order valence-electron chi connectivity index (χ2n) is 6.86. The Morgan fingerprint density at radius 3 is 2.86 bits per heavy atom. The maximum absolute atomic E-state index is 13.9. The molecule has 2 unspecified atom stereocenters. The van der Waals surface area contributed by atoms with Crippen molar-refractivity contribution in [1.29, 1.82) is 0 Å². The Kier molecular flexibility index (Phi) is 4.79. The van der Waals surface area contributed by atoms with Gasteiger partial charge in [0.25, 0.3) is 0 Å². The van der Waals surface area contributed by atoms with Gasteiger partial charge in [0.2, 0.25) is 0 Å². The van der Waals surface area contributed by atoms with Gasteiger partial charge in [-0.25, -0.2) is 19.2 Å². The molecular weight excluding hydrogens is 363 g/mol. The van der Waals surface area contributed by atoms with E-state index in [4.69, 9.17) is 5.11 Å². The van der Waals surface area contributed by atoms with E-state index in [0.717, 1.165) is 0 Å². The van der Waals surface area contributed by atoms with Crippen LogP contribution in [-0.4, -0.2) is 39.4 Å². The van der Waals surface area contributed by atoms with Crippen LogP contribution in [0.3, 0.4) is 0 Å². The standard InChI is InChI=1S/C20H19FN4O3/c21-12-5-6-15-14(8-12)18(16-7-11(9-22-16)10-23-20(27)28)25-19(24-15)13-3-1-2-4-17(13)26/h1-6,8,11,16,22-23,26H,7,9-10H2,(H,27,28). The van der Waals surface area contributed by atoms with Gasteiger partial charge >= 0.3 is 6.09 Å². The van der Waals surface area contributed by atoms with Crippen molar-refractivity contribution in [3.05, 3.63) is 54.0 Å². The fourth-order valence-electron chi connectivity index (χ4n) is 3.58. The highest BCUT2D eigenvalue weighted by molar-refractivity contribution is 5.84. The first-order valence-electron chi connectivity index (χ1n) is 8.97. The summed E-state index contributed by atoms with van der Waals surface area (Å²) in [5, 5.41) is 25.3. The van der Waals surface area contributed by atoms with E-state index in [9.17, 15) is 14.3 Å². The van der Waals surface area contributed by atoms with E-state index >= 15 is 0 Å². The van der Waals surface area contributed by atoms with E-state index in [0.29, 0.717) is 47.5 Å². The second-order valence-corrected chi connectivity index (χ2v) is 6.86. The number of benzene rings is 2. The van der Waals surface area contributed by atoms with Crippen molar-refractivity contribution in [2.24, 2.45) is 5.92 Å². The maximum Gasteiger partial charge on any atom is 0.404 e. The van der Waals surface area contributed by atoms with Crippen LogP contribution in [0.1, 0.15) is 18.2 Å². The molecule has 1 aliphatic rings. The van der Waals surface area contributed by atoms with Gasteiger partial charge in [-0.3, -0.25) is 0 Å². The first-order valence-corrected chi connectivity index (χ1v) is 8.97. The zero-order chi connectivity index (χ0) is 19.7. The van der Waals surface area contributed by atoms with Crippen LogP contribution >= 0.6 is 0 Å². The summed E-state index contributed by atoms with van der Waals surface area (Å²) < 4.78 is 13.9. The Morgan fingerprint density at radius 1 is 1.25 bits per heavy atom. The number of nitrogens with zero attached hydrogens (tertiary/aromatic N) is 2. The highest BCUT2D eigenvalue weighted by atomic mass is 19.1. The van der Waals surface area contributed by atoms with Gasteiger partial charge in [0.1, 0.15) is 11.6 Å². The van der Waals surface area contributed by atoms with E-state index in [2.05, 4.69) is 20.6 Å². The van der Waals surface area contributed by atoms with Crippen LogP contribution in [0, 0.1) is 11.7 Å². The Hall–Kier alpha value is -3.26. The monoisotopic (exact) mass is 382 g/mol. The summed E-state index contributed by atoms with van der Waals surface area (Å²) in [6.45, 7) is 0.959. The number of amides is 1. The molecule has 1 aromatic heterocycles. The molecule has 7 nitrogen and oxygen atoms in total. The highest BCUT2D eigenvalue weighted by Crippen LogP contribution is 2.34. The van der Waals surface area contributed by atoms with Crippen LogP contribution in [0.2, 0.25) is 0 Å². The molecule has 1 fully saturated rings. The summed E-state index contributed by atoms with van der Waals surface area (Å²) in [6.07, 6.45) is -0.400. The fraction of sp³-hybridized carbons (Fsp3) is 0.250. The van der Waals surface area contributed by atoms with Gasteiger partial charge in [-0.15, -0.1) is 0 Å². The topological polar surface area (TPSA) is 107 Å². The summed E-state index contributed by atoms with van der Waals surface area (Å²) in [5.41, 5.74) is 1.72. The first kappa shape index (κ1) is 18.1. The van der Waals surface area contributed by atoms with E-state index in [-0.39, 0.29) is 23.5 Å². The summed E-state index contributed by atoms with van der Waals surface area (Å²) in [6, 6.07) is 11.0. The number of aromatic nitrogens is 2. The normalized spacial score (nSPS) is 19.0. The number of phenolic OH excluding ortho intramolecular Hbond substituents is 1. The minimum absolute atomic E-state index is 0.0674. The van der Waals surface area contributed by atoms with Crippen LogP contribution in [-0.2, 0) is 0 Å². The molecular formula is C20H19FN4O3. The molecule has 0 bridgehead atoms. The number of hydrogen-bond acceptors (Lipinski definition) is 5. The Morgan fingerprint density at radius 2 is 2.07 bits per heavy atom. The van der Waals surface area contributed by atoms with Gasteiger partial charge in [-0.05, 0) is 42.7 Å². The number of carboxylic acid groups (broad SMARTS) is 1. The molecule has 2 aromatic carbocycles. The van der Waals surface area contributed by atoms with E-state index in [1.54, 1.807) is 30.3 Å². The molecule has 1 aliphatic heterocycles. The lowest BCUT2D eigenvalue weighted by molar-refractivity contribution is 0.192. The predicted octanol–water partition coefficient (Wildman–Crippen LogP) is 3.06. The number of hydrogen-bond donors (Lipinski definition) is 4. The van der Waals surface area contributed by atoms with Crippen molar-refractivity contribution in [1.82, 2.24) is 20.6 Å². The summed E-state index contributed by atoms with van der Waals surface area (Å²) in [5.74, 6) is 0.155. The quantitative estimate of drug-likeness (QED) is 0.552. The van der Waals surface area contributed by atoms with Crippen molar-refractivity contribution in [2.45, 2.75) is 12.5 Å². The SMILES string of the molecule is O=C(O)NCC1CNC(c2nc(-c3ccccc3O)nc3ccc(F)cc23)C1. The van der Waals surface area contributed by atoms with Gasteiger partial charge in [0.05, 0.1) is 22.8 Å². The lowest BCUT2D eigenvalue weighted by Gasteiger charge is -2.15. The van der Waals surface area contributed by atoms with Crippen LogP contribution in [0.4, 0.5) is 9.18 Å². The molecule has 8 heteroatoms. The highest BCUT2D eigenvalue weighted by Gasteiger charge is 2.29. The molecule has 1 amide bonds. The van der Waals surface area contributed by atoms with E-state index in [1.165, 1.54) is 12.1 Å². The van der Waals surface area contributed by atoms with Crippen LogP contribution < -0.4 is 10.6 Å². The minimum Gasteiger partial charge on any atom is -0.507 e. The molecule has 2 heterocycles. The van der Waals surface area contributed by atoms with Crippen molar-refractivity contribution in [3.8, 4) is 17.1 Å². The third-order valence-electron chi connectivity index (χ3n) is 4.93. The number of carbonyl (C=O) groups is 1. The lowest BCUT2D eigenvalue weighted by Crippen LogP contribution is -2.28. The van der Waals surface area contributed by atoms with Gasteiger partial charge in [-0.1, -0.05) is 12.1 Å². The Balaban J connectivity index is 1.75. The van der Waals surface area contributed by atoms with Crippen molar-refractivity contribution in [2.75, 3.05) is 13.1 Å². The van der Waals surface area contributed by atoms with Crippen LogP contribution in [0.25, 0.3) is 22.3 Å². The molecule has 0 radical (unpaired) electrons. The molecule has 0 saturated carbocycles. The third-order valence-corrected chi connectivity index (χ3v) is 4.93. The molecule has 3 aromatic rings. The summed E-state index contributed by atoms with van der Waals surface area (Å²) >= 11 is 0. The van der Waals surface area contributed by atoms with E-state index < -0.39 is 6.09 Å². The van der Waals surface area contributed by atoms with Crippen molar-refractivity contribution < 1.29 is 19.4 Å². The number of halogens is 1. The fourth-order valence-corrected chi connectivity index (χ4v) is 3.58. The van der Waals surface area contributed by atoms with Gasteiger partial charge in [0, 0.05) is 18.5 Å². The van der Waals surface area contributed by atoms with Crippen LogP contribution in [0.5, 0.6) is 5.75 Å². The summed E-state index contributed by atoms with van der Waals surface area (Å²) in [7, 11) is 0. The molecule has 4 N–H and O–H groups in total. The number of para-hydroxylation sites is 1. The van der Waals surface area contributed by atoms with Crippen molar-refractivity contribution in [3.63, 3.8) is 0 Å². The Bertz CT molecular complexity index is 1040. The molecule has 0 spiro atoms. The number of aromatic hydroxyl groups is 1. The van der Waals surface area contributed by atoms with Gasteiger partial charge in [-0.2, -0.15) is 0 Å². The zero-order valence-corrected chi connectivity index (χ0v) is 14.9. The van der Waals surface area contributed by atoms with Crippen molar-refractivity contribution >= 4 is 17.0 Å². The first-order chi connectivity index (χ1) is 13.5. The molecule has 28 heavy (non-hydrogen) atoms. The summed E-state index contributed by atoms with van der Waals surface area (Å²) in [4.78, 5) is 19.9. The lowest BCUT2D eigenvalue weighted by atomic mass is 10.0. The average molecular weight is 382 g/mol. The minimum atomic E-state index is -1.06. The molecule has 144 valence electrons. The smallest absolute Gasteiger partial charge is 0.404 e. The molecule has 4 rings (SSSR count). The zero-order valence-electron chi connectivity index (χ0n) is 14.9. The number of fused-ring (bicyclic) bond motifs is 1. The molecule has 2 atom stereocenters. The predicted molar refractivity (Wildman–Crippen MR) is 101 cm³/mol. The number of nitrogens with one attached hydrogen (secondary N) is 2. The third kappa shape index (κ3) is 3.59. The largest absolute Gasteiger partial charge is 0.507 e. The average Bonchev–Trinajstić information content (AvgIpc) is 3.15. The van der Waals surface area contributed by atoms with Crippen LogP contribution in [0.15, 0.2) is 42.5 Å². The van der Waals surface area contributed by atoms with Gasteiger partial charge < -0.3 is 20.8 Å². The number of phenols is 1. The molecule has 0 aliphatic carbocycles. The maximum atomic E-state index is 13.9.